The zero-order valence-corrected chi connectivity index (χ0v) is 16.3. The fraction of sp³-hybridized carbons (Fsp3) is 0.240. The number of fused-ring (bicyclic) bond motifs is 1. The van der Waals surface area contributed by atoms with Crippen LogP contribution in [0.25, 0.3) is 22.6 Å². The van der Waals surface area contributed by atoms with Gasteiger partial charge < -0.3 is 0 Å². The standard InChI is InChI=1S/C25H27N/c1-6-19-13-18(5)25-23(14-19)20(7-2)16-24(26-25)21(8-3)15-22-12-10-9-11-17(22)4/h8-16H,3,6-7H2,1-2,4-5H3/b21-15+. The highest BCUT2D eigenvalue weighted by Gasteiger charge is 2.10. The number of aryl methyl sites for hydroxylation is 4. The molecule has 1 heteroatoms. The summed E-state index contributed by atoms with van der Waals surface area (Å²) in [5.41, 5.74) is 9.60. The highest BCUT2D eigenvalue weighted by atomic mass is 14.7. The SMILES string of the molecule is C=C/C(=C\c1ccccc1C)c1cc(CC)c2cc(CC)cc(C)c2n1. The van der Waals surface area contributed by atoms with Gasteiger partial charge in [-0.1, -0.05) is 56.8 Å². The number of aromatic nitrogens is 1. The van der Waals surface area contributed by atoms with Crippen LogP contribution in [-0.2, 0) is 12.8 Å². The van der Waals surface area contributed by atoms with Gasteiger partial charge in [-0.15, -0.1) is 0 Å². The van der Waals surface area contributed by atoms with E-state index in [0.717, 1.165) is 29.6 Å². The van der Waals surface area contributed by atoms with Crippen LogP contribution in [0.3, 0.4) is 0 Å². The van der Waals surface area contributed by atoms with Crippen molar-refractivity contribution >= 4 is 22.6 Å². The summed E-state index contributed by atoms with van der Waals surface area (Å²) in [4.78, 5) is 5.02. The van der Waals surface area contributed by atoms with Crippen molar-refractivity contribution in [3.63, 3.8) is 0 Å². The number of pyridine rings is 1. The number of nitrogens with zero attached hydrogens (tertiary/aromatic N) is 1. The second-order valence-corrected chi connectivity index (χ2v) is 6.84. The maximum atomic E-state index is 5.02. The van der Waals surface area contributed by atoms with Gasteiger partial charge in [-0.3, -0.25) is 0 Å². The van der Waals surface area contributed by atoms with Gasteiger partial charge in [0.2, 0.25) is 0 Å². The van der Waals surface area contributed by atoms with Crippen molar-refractivity contribution in [1.82, 2.24) is 4.98 Å². The number of rotatable bonds is 5. The predicted octanol–water partition coefficient (Wildman–Crippen LogP) is 6.70. The Morgan fingerprint density at radius 3 is 2.42 bits per heavy atom. The molecule has 0 aliphatic carbocycles. The Morgan fingerprint density at radius 2 is 1.77 bits per heavy atom. The topological polar surface area (TPSA) is 12.9 Å². The predicted molar refractivity (Wildman–Crippen MR) is 114 cm³/mol. The van der Waals surface area contributed by atoms with Crippen LogP contribution < -0.4 is 0 Å². The molecule has 1 heterocycles. The molecule has 0 N–H and O–H groups in total. The monoisotopic (exact) mass is 341 g/mol. The molecule has 0 aliphatic rings. The van der Waals surface area contributed by atoms with Crippen molar-refractivity contribution < 1.29 is 0 Å². The lowest BCUT2D eigenvalue weighted by Gasteiger charge is -2.13. The van der Waals surface area contributed by atoms with E-state index in [1.807, 2.05) is 6.08 Å². The molecule has 0 saturated heterocycles. The molecule has 0 bridgehead atoms. The lowest BCUT2D eigenvalue weighted by molar-refractivity contribution is 1.11. The second kappa shape index (κ2) is 7.70. The van der Waals surface area contributed by atoms with Crippen LogP contribution in [-0.4, -0.2) is 4.98 Å². The van der Waals surface area contributed by atoms with Crippen molar-refractivity contribution in [2.24, 2.45) is 0 Å². The average Bonchev–Trinajstić information content (AvgIpc) is 2.66. The van der Waals surface area contributed by atoms with Crippen molar-refractivity contribution in [3.05, 3.63) is 88.6 Å². The summed E-state index contributed by atoms with van der Waals surface area (Å²) in [6.07, 6.45) is 6.14. The molecule has 0 fully saturated rings. The van der Waals surface area contributed by atoms with E-state index in [1.54, 1.807) is 0 Å². The Hall–Kier alpha value is -2.67. The Bertz CT molecular complexity index is 992. The molecule has 0 atom stereocenters. The second-order valence-electron chi connectivity index (χ2n) is 6.84. The summed E-state index contributed by atoms with van der Waals surface area (Å²) in [7, 11) is 0. The van der Waals surface area contributed by atoms with Gasteiger partial charge in [0.15, 0.2) is 0 Å². The van der Waals surface area contributed by atoms with Gasteiger partial charge in [0.25, 0.3) is 0 Å². The van der Waals surface area contributed by atoms with E-state index in [0.29, 0.717) is 0 Å². The molecule has 3 aromatic rings. The quantitative estimate of drug-likeness (QED) is 0.470. The summed E-state index contributed by atoms with van der Waals surface area (Å²) in [6, 6.07) is 15.2. The molecular formula is C25H27N. The van der Waals surface area contributed by atoms with E-state index in [9.17, 15) is 0 Å². The van der Waals surface area contributed by atoms with Crippen molar-refractivity contribution in [3.8, 4) is 0 Å². The van der Waals surface area contributed by atoms with E-state index < -0.39 is 0 Å². The fourth-order valence-corrected chi connectivity index (χ4v) is 3.44. The molecule has 0 saturated carbocycles. The normalized spacial score (nSPS) is 11.8. The fourth-order valence-electron chi connectivity index (χ4n) is 3.44. The zero-order valence-electron chi connectivity index (χ0n) is 16.3. The molecule has 1 nitrogen and oxygen atoms in total. The Kier molecular flexibility index (Phi) is 5.37. The maximum Gasteiger partial charge on any atom is 0.0741 e. The molecule has 0 spiro atoms. The molecule has 1 aromatic heterocycles. The van der Waals surface area contributed by atoms with Crippen LogP contribution in [0.5, 0.6) is 0 Å². The third-order valence-corrected chi connectivity index (χ3v) is 5.05. The minimum atomic E-state index is 0.993. The largest absolute Gasteiger partial charge is 0.247 e. The molecule has 132 valence electrons. The number of hydrogen-bond acceptors (Lipinski definition) is 1. The van der Waals surface area contributed by atoms with Gasteiger partial charge in [-0.25, -0.2) is 4.98 Å². The zero-order chi connectivity index (χ0) is 18.7. The summed E-state index contributed by atoms with van der Waals surface area (Å²) in [5.74, 6) is 0. The molecule has 0 aliphatic heterocycles. The van der Waals surface area contributed by atoms with Gasteiger partial charge >= 0.3 is 0 Å². The van der Waals surface area contributed by atoms with E-state index in [1.165, 1.54) is 33.2 Å². The van der Waals surface area contributed by atoms with Crippen molar-refractivity contribution in [2.45, 2.75) is 40.5 Å². The molecule has 26 heavy (non-hydrogen) atoms. The minimum absolute atomic E-state index is 0.993. The third kappa shape index (κ3) is 3.48. The number of benzene rings is 2. The van der Waals surface area contributed by atoms with Crippen molar-refractivity contribution in [1.29, 1.82) is 0 Å². The van der Waals surface area contributed by atoms with E-state index in [4.69, 9.17) is 4.98 Å². The first kappa shape index (κ1) is 18.1. The smallest absolute Gasteiger partial charge is 0.0741 e. The first-order valence-corrected chi connectivity index (χ1v) is 9.40. The number of hydrogen-bond donors (Lipinski definition) is 0. The van der Waals surface area contributed by atoms with E-state index >= 15 is 0 Å². The Morgan fingerprint density at radius 1 is 1.00 bits per heavy atom. The van der Waals surface area contributed by atoms with Crippen molar-refractivity contribution in [2.75, 3.05) is 0 Å². The molecule has 0 radical (unpaired) electrons. The van der Waals surface area contributed by atoms with Crippen LogP contribution in [0.1, 0.15) is 47.4 Å². The van der Waals surface area contributed by atoms with Crippen LogP contribution in [0.15, 0.2) is 55.1 Å². The molecule has 3 rings (SSSR count). The highest BCUT2D eigenvalue weighted by Crippen LogP contribution is 2.28. The van der Waals surface area contributed by atoms with Crippen LogP contribution >= 0.6 is 0 Å². The lowest BCUT2D eigenvalue weighted by atomic mass is 9.96. The molecular weight excluding hydrogens is 314 g/mol. The first-order valence-electron chi connectivity index (χ1n) is 9.40. The minimum Gasteiger partial charge on any atom is -0.247 e. The van der Waals surface area contributed by atoms with E-state index in [-0.39, 0.29) is 0 Å². The van der Waals surface area contributed by atoms with Crippen LogP contribution in [0, 0.1) is 13.8 Å². The molecule has 0 amide bonds. The average molecular weight is 341 g/mol. The summed E-state index contributed by atoms with van der Waals surface area (Å²) in [5, 5.41) is 1.28. The third-order valence-electron chi connectivity index (χ3n) is 5.05. The van der Waals surface area contributed by atoms with E-state index in [2.05, 4.69) is 82.8 Å². The summed E-state index contributed by atoms with van der Waals surface area (Å²) in [6.45, 7) is 12.8. The van der Waals surface area contributed by atoms with Gasteiger partial charge in [0.05, 0.1) is 11.2 Å². The maximum absolute atomic E-state index is 5.02. The van der Waals surface area contributed by atoms with Gasteiger partial charge in [-0.2, -0.15) is 0 Å². The molecule has 0 unspecified atom stereocenters. The van der Waals surface area contributed by atoms with Crippen LogP contribution in [0.2, 0.25) is 0 Å². The Labute approximate surface area is 157 Å². The summed E-state index contributed by atoms with van der Waals surface area (Å²) >= 11 is 0. The first-order chi connectivity index (χ1) is 12.6. The molecule has 2 aromatic carbocycles. The van der Waals surface area contributed by atoms with Crippen LogP contribution in [0.4, 0.5) is 0 Å². The highest BCUT2D eigenvalue weighted by molar-refractivity contribution is 5.92. The summed E-state index contributed by atoms with van der Waals surface area (Å²) < 4.78 is 0. The lowest BCUT2D eigenvalue weighted by Crippen LogP contribution is -1.97. The van der Waals surface area contributed by atoms with Gasteiger partial charge in [0.1, 0.15) is 0 Å². The van der Waals surface area contributed by atoms with Gasteiger partial charge in [0, 0.05) is 11.0 Å². The number of allylic oxidation sites excluding steroid dienone is 2. The van der Waals surface area contributed by atoms with Gasteiger partial charge in [-0.05, 0) is 72.7 Å². The Balaban J connectivity index is 2.22.